The van der Waals surface area contributed by atoms with Crippen molar-refractivity contribution in [2.75, 3.05) is 13.2 Å². The van der Waals surface area contributed by atoms with E-state index < -0.39 is 0 Å². The SMILES string of the molecule is OCCC#Cc1ccsc1CN1CCC[C@H]2CCCC[C@H]21. The molecule has 2 nitrogen and oxygen atoms in total. The van der Waals surface area contributed by atoms with E-state index in [4.69, 9.17) is 5.11 Å². The number of nitrogens with zero attached hydrogens (tertiary/aromatic N) is 1. The summed E-state index contributed by atoms with van der Waals surface area (Å²) < 4.78 is 0. The fourth-order valence-electron chi connectivity index (χ4n) is 3.90. The van der Waals surface area contributed by atoms with Gasteiger partial charge in [-0.3, -0.25) is 4.90 Å². The van der Waals surface area contributed by atoms with Gasteiger partial charge in [-0.2, -0.15) is 0 Å². The fraction of sp³-hybridized carbons (Fsp3) is 0.667. The van der Waals surface area contributed by atoms with Crippen LogP contribution >= 0.6 is 11.3 Å². The van der Waals surface area contributed by atoms with Gasteiger partial charge in [-0.25, -0.2) is 0 Å². The predicted molar refractivity (Wildman–Crippen MR) is 88.3 cm³/mol. The molecule has 0 amide bonds. The third-order valence-corrected chi connectivity index (χ3v) is 5.82. The molecule has 21 heavy (non-hydrogen) atoms. The van der Waals surface area contributed by atoms with Gasteiger partial charge in [0.25, 0.3) is 0 Å². The first-order valence-corrected chi connectivity index (χ1v) is 9.16. The van der Waals surface area contributed by atoms with Gasteiger partial charge in [0.1, 0.15) is 0 Å². The average Bonchev–Trinajstić information content (AvgIpc) is 2.95. The highest BCUT2D eigenvalue weighted by atomic mass is 32.1. The summed E-state index contributed by atoms with van der Waals surface area (Å²) in [6.45, 7) is 2.48. The van der Waals surface area contributed by atoms with Crippen LogP contribution in [0.3, 0.4) is 0 Å². The Kier molecular flexibility index (Phi) is 5.35. The Morgan fingerprint density at radius 3 is 3.00 bits per heavy atom. The van der Waals surface area contributed by atoms with Crippen molar-refractivity contribution in [2.45, 2.75) is 57.5 Å². The van der Waals surface area contributed by atoms with Crippen molar-refractivity contribution in [3.8, 4) is 11.8 Å². The number of aliphatic hydroxyl groups is 1. The van der Waals surface area contributed by atoms with Crippen LogP contribution in [-0.2, 0) is 6.54 Å². The summed E-state index contributed by atoms with van der Waals surface area (Å²) >= 11 is 1.83. The Labute approximate surface area is 132 Å². The minimum atomic E-state index is 0.155. The Bertz CT molecular complexity index is 511. The number of aliphatic hydroxyl groups excluding tert-OH is 1. The zero-order valence-electron chi connectivity index (χ0n) is 12.7. The molecule has 1 aromatic rings. The van der Waals surface area contributed by atoms with E-state index in [0.717, 1.165) is 18.5 Å². The van der Waals surface area contributed by atoms with Crippen LogP contribution < -0.4 is 0 Å². The van der Waals surface area contributed by atoms with Gasteiger partial charge in [0.15, 0.2) is 0 Å². The molecule has 2 heterocycles. The Morgan fingerprint density at radius 1 is 1.24 bits per heavy atom. The van der Waals surface area contributed by atoms with E-state index in [-0.39, 0.29) is 6.61 Å². The lowest BCUT2D eigenvalue weighted by Crippen LogP contribution is -2.46. The topological polar surface area (TPSA) is 23.5 Å². The number of piperidine rings is 1. The zero-order valence-corrected chi connectivity index (χ0v) is 13.5. The molecular weight excluding hydrogens is 278 g/mol. The molecule has 3 rings (SSSR count). The standard InChI is InChI=1S/C18H25NOS/c20-12-4-3-7-16-10-13-21-18(16)14-19-11-5-8-15-6-1-2-9-17(15)19/h10,13,15,17,20H,1-2,4-6,8-9,11-12,14H2/t15-,17-/m1/s1. The first kappa shape index (κ1) is 15.1. The minimum absolute atomic E-state index is 0.155. The van der Waals surface area contributed by atoms with E-state index in [1.165, 1.54) is 55.5 Å². The van der Waals surface area contributed by atoms with Gasteiger partial charge in [0.2, 0.25) is 0 Å². The van der Waals surface area contributed by atoms with Crippen LogP contribution in [0.15, 0.2) is 11.4 Å². The summed E-state index contributed by atoms with van der Waals surface area (Å²) in [5, 5.41) is 11.0. The van der Waals surface area contributed by atoms with Gasteiger partial charge in [-0.1, -0.05) is 24.7 Å². The highest BCUT2D eigenvalue weighted by molar-refractivity contribution is 7.10. The minimum Gasteiger partial charge on any atom is -0.395 e. The monoisotopic (exact) mass is 303 g/mol. The summed E-state index contributed by atoms with van der Waals surface area (Å²) in [6.07, 6.45) is 9.05. The third-order valence-electron chi connectivity index (χ3n) is 4.91. The van der Waals surface area contributed by atoms with Crippen molar-refractivity contribution in [2.24, 2.45) is 5.92 Å². The number of likely N-dealkylation sites (tertiary alicyclic amines) is 1. The van der Waals surface area contributed by atoms with Crippen LogP contribution in [0.2, 0.25) is 0 Å². The maximum absolute atomic E-state index is 8.85. The van der Waals surface area contributed by atoms with E-state index in [0.29, 0.717) is 6.42 Å². The molecule has 114 valence electrons. The van der Waals surface area contributed by atoms with E-state index in [2.05, 4.69) is 28.2 Å². The second kappa shape index (κ2) is 7.45. The lowest BCUT2D eigenvalue weighted by Gasteiger charge is -2.44. The predicted octanol–water partition coefficient (Wildman–Crippen LogP) is 3.64. The molecule has 1 aliphatic carbocycles. The Morgan fingerprint density at radius 2 is 2.10 bits per heavy atom. The highest BCUT2D eigenvalue weighted by Crippen LogP contribution is 2.36. The third kappa shape index (κ3) is 3.69. The molecule has 0 aromatic carbocycles. The van der Waals surface area contributed by atoms with E-state index in [1.54, 1.807) is 0 Å². The maximum atomic E-state index is 8.85. The molecule has 0 radical (unpaired) electrons. The molecule has 1 aromatic heterocycles. The van der Waals surface area contributed by atoms with Crippen molar-refractivity contribution in [3.05, 3.63) is 21.9 Å². The van der Waals surface area contributed by atoms with E-state index in [1.807, 2.05) is 11.3 Å². The van der Waals surface area contributed by atoms with Crippen molar-refractivity contribution >= 4 is 11.3 Å². The number of fused-ring (bicyclic) bond motifs is 1. The Balaban J connectivity index is 1.68. The van der Waals surface area contributed by atoms with Crippen molar-refractivity contribution < 1.29 is 5.11 Å². The summed E-state index contributed by atoms with van der Waals surface area (Å²) in [7, 11) is 0. The normalized spacial score (nSPS) is 26.0. The molecule has 3 heteroatoms. The number of thiophene rings is 1. The molecule has 0 bridgehead atoms. The van der Waals surface area contributed by atoms with Crippen molar-refractivity contribution in [1.29, 1.82) is 0 Å². The second-order valence-electron chi connectivity index (χ2n) is 6.26. The van der Waals surface area contributed by atoms with Gasteiger partial charge in [-0.15, -0.1) is 11.3 Å². The van der Waals surface area contributed by atoms with Crippen molar-refractivity contribution in [3.63, 3.8) is 0 Å². The molecule has 0 spiro atoms. The van der Waals surface area contributed by atoms with Gasteiger partial charge >= 0.3 is 0 Å². The van der Waals surface area contributed by atoms with Crippen LogP contribution in [0, 0.1) is 17.8 Å². The lowest BCUT2D eigenvalue weighted by atomic mass is 9.78. The molecule has 1 N–H and O–H groups in total. The van der Waals surface area contributed by atoms with Gasteiger partial charge in [0, 0.05) is 29.4 Å². The van der Waals surface area contributed by atoms with Crippen molar-refractivity contribution in [1.82, 2.24) is 4.90 Å². The second-order valence-corrected chi connectivity index (χ2v) is 7.26. The molecule has 2 aliphatic rings. The molecule has 0 unspecified atom stereocenters. The molecule has 1 aliphatic heterocycles. The first-order chi connectivity index (χ1) is 10.4. The smallest absolute Gasteiger partial charge is 0.0540 e. The summed E-state index contributed by atoms with van der Waals surface area (Å²) in [5.41, 5.74) is 1.17. The van der Waals surface area contributed by atoms with Crippen LogP contribution in [0.25, 0.3) is 0 Å². The molecule has 2 atom stereocenters. The summed E-state index contributed by atoms with van der Waals surface area (Å²) in [6, 6.07) is 2.94. The summed E-state index contributed by atoms with van der Waals surface area (Å²) in [4.78, 5) is 4.13. The molecule has 2 fully saturated rings. The maximum Gasteiger partial charge on any atom is 0.0540 e. The van der Waals surface area contributed by atoms with Crippen LogP contribution in [0.1, 0.15) is 55.4 Å². The molecule has 1 saturated carbocycles. The zero-order chi connectivity index (χ0) is 14.5. The van der Waals surface area contributed by atoms with Gasteiger partial charge < -0.3 is 5.11 Å². The molecular formula is C18H25NOS. The van der Waals surface area contributed by atoms with Crippen LogP contribution in [0.5, 0.6) is 0 Å². The fourth-order valence-corrected chi connectivity index (χ4v) is 4.75. The van der Waals surface area contributed by atoms with E-state index >= 15 is 0 Å². The highest BCUT2D eigenvalue weighted by Gasteiger charge is 2.33. The number of hydrogen-bond donors (Lipinski definition) is 1. The molecule has 1 saturated heterocycles. The van der Waals surface area contributed by atoms with E-state index in [9.17, 15) is 0 Å². The number of hydrogen-bond acceptors (Lipinski definition) is 3. The first-order valence-electron chi connectivity index (χ1n) is 8.28. The largest absolute Gasteiger partial charge is 0.395 e. The average molecular weight is 303 g/mol. The van der Waals surface area contributed by atoms with Gasteiger partial charge in [-0.05, 0) is 49.6 Å². The Hall–Kier alpha value is -0.820. The van der Waals surface area contributed by atoms with Crippen LogP contribution in [-0.4, -0.2) is 29.2 Å². The lowest BCUT2D eigenvalue weighted by molar-refractivity contribution is 0.0554. The number of rotatable bonds is 3. The van der Waals surface area contributed by atoms with Gasteiger partial charge in [0.05, 0.1) is 6.61 Å². The quantitative estimate of drug-likeness (QED) is 0.862. The summed E-state index contributed by atoms with van der Waals surface area (Å²) in [5.74, 6) is 7.23. The van der Waals surface area contributed by atoms with Crippen LogP contribution in [0.4, 0.5) is 0 Å².